The van der Waals surface area contributed by atoms with Crippen LogP contribution in [0.15, 0.2) is 0 Å². The molecule has 0 atom stereocenters. The van der Waals surface area contributed by atoms with Crippen LogP contribution in [0.1, 0.15) is 0 Å². The van der Waals surface area contributed by atoms with Gasteiger partial charge in [0.05, 0.1) is 0 Å². The Kier molecular flexibility index (Phi) is 1.94. The lowest BCUT2D eigenvalue weighted by Crippen LogP contribution is -2.29. The summed E-state index contributed by atoms with van der Waals surface area (Å²) in [5.74, 6) is 0. The van der Waals surface area contributed by atoms with E-state index in [2.05, 4.69) is 30.6 Å². The largest absolute Gasteiger partial charge is 0.131 e. The van der Waals surface area contributed by atoms with E-state index >= 15 is 0 Å². The van der Waals surface area contributed by atoms with Gasteiger partial charge in [-0.25, -0.2) is 0 Å². The van der Waals surface area contributed by atoms with E-state index in [0.29, 0.717) is 0 Å². The van der Waals surface area contributed by atoms with Gasteiger partial charge in [0.1, 0.15) is 14.8 Å². The fourth-order valence-electron chi connectivity index (χ4n) is 0.486. The van der Waals surface area contributed by atoms with Crippen molar-refractivity contribution in [2.75, 3.05) is 0 Å². The first-order valence-corrected chi connectivity index (χ1v) is 11.7. The lowest BCUT2D eigenvalue weighted by Gasteiger charge is -2.21. The number of rotatable bonds is 0. The van der Waals surface area contributed by atoms with Crippen LogP contribution in [0.5, 0.6) is 0 Å². The van der Waals surface area contributed by atoms with E-state index in [1.54, 1.807) is 11.3 Å². The Labute approximate surface area is 56.7 Å². The molecule has 0 aromatic heterocycles. The highest BCUT2D eigenvalue weighted by Gasteiger charge is 2.26. The van der Waals surface area contributed by atoms with Gasteiger partial charge < -0.3 is 0 Å². The predicted octanol–water partition coefficient (Wildman–Crippen LogP) is 1.32. The van der Waals surface area contributed by atoms with E-state index in [1.165, 1.54) is 0 Å². The van der Waals surface area contributed by atoms with E-state index in [9.17, 15) is 0 Å². The van der Waals surface area contributed by atoms with Crippen molar-refractivity contribution < 1.29 is 0 Å². The Balaban J connectivity index is 2.11. The Hall–Kier alpha value is 1.39. The van der Waals surface area contributed by atoms with Gasteiger partial charge in [-0.1, -0.05) is 0 Å². The zero-order valence-electron chi connectivity index (χ0n) is 3.32. The van der Waals surface area contributed by atoms with Crippen molar-refractivity contribution in [3.63, 3.8) is 0 Å². The third kappa shape index (κ3) is 1.18. The first kappa shape index (κ1) is 5.53. The summed E-state index contributed by atoms with van der Waals surface area (Å²) in [5.41, 5.74) is 3.17. The maximum absolute atomic E-state index is 3.64. The molecule has 1 heterocycles. The highest BCUT2D eigenvalue weighted by Crippen LogP contribution is 2.27. The molecule has 0 aliphatic carbocycles. The SMILES string of the molecule is Br[SiH]1C[SiH](Br)C1. The summed E-state index contributed by atoms with van der Waals surface area (Å²) < 4.78 is 0. The van der Waals surface area contributed by atoms with Gasteiger partial charge in [0.2, 0.25) is 0 Å². The summed E-state index contributed by atoms with van der Waals surface area (Å²) in [6.45, 7) is 0. The van der Waals surface area contributed by atoms with Crippen molar-refractivity contribution in [2.45, 2.75) is 11.3 Å². The van der Waals surface area contributed by atoms with Gasteiger partial charge in [-0.15, -0.1) is 30.6 Å². The van der Waals surface area contributed by atoms with Gasteiger partial charge in [-0.2, -0.15) is 0 Å². The maximum atomic E-state index is 3.64. The molecule has 0 radical (unpaired) electrons. The molecule has 4 heteroatoms. The fraction of sp³-hybridized carbons (Fsp3) is 1.00. The number of hydrogen-bond donors (Lipinski definition) is 0. The van der Waals surface area contributed by atoms with Gasteiger partial charge in [0.25, 0.3) is 0 Å². The molecule has 1 saturated heterocycles. The number of halogens is 2. The van der Waals surface area contributed by atoms with Crippen LogP contribution < -0.4 is 0 Å². The summed E-state index contributed by atoms with van der Waals surface area (Å²) in [6, 6.07) is 0. The van der Waals surface area contributed by atoms with Crippen molar-refractivity contribution in [3.05, 3.63) is 0 Å². The first-order chi connectivity index (χ1) is 2.79. The van der Waals surface area contributed by atoms with Crippen molar-refractivity contribution in [1.82, 2.24) is 0 Å². The van der Waals surface area contributed by atoms with Crippen LogP contribution in [0.4, 0.5) is 0 Å². The molecule has 0 nitrogen and oxygen atoms in total. The quantitative estimate of drug-likeness (QED) is 0.446. The van der Waals surface area contributed by atoms with Crippen LogP contribution in [0, 0.1) is 0 Å². The van der Waals surface area contributed by atoms with Gasteiger partial charge in [-0.3, -0.25) is 0 Å². The van der Waals surface area contributed by atoms with Gasteiger partial charge in [0, 0.05) is 0 Å². The van der Waals surface area contributed by atoms with Crippen molar-refractivity contribution >= 4 is 45.4 Å². The smallest absolute Gasteiger partial charge is 0.110 e. The van der Waals surface area contributed by atoms with Crippen LogP contribution in [0.25, 0.3) is 0 Å². The monoisotopic (exact) mass is 244 g/mol. The molecular weight excluding hydrogens is 240 g/mol. The molecule has 6 heavy (non-hydrogen) atoms. The van der Waals surface area contributed by atoms with Gasteiger partial charge in [-0.05, 0) is 11.3 Å². The summed E-state index contributed by atoms with van der Waals surface area (Å²) in [4.78, 5) is 0. The minimum atomic E-state index is -0.200. The molecule has 1 rings (SSSR count). The molecule has 0 aromatic rings. The first-order valence-electron chi connectivity index (χ1n) is 2.07. The molecule has 0 spiro atoms. The Morgan fingerprint density at radius 2 is 1.33 bits per heavy atom. The predicted molar refractivity (Wildman–Crippen MR) is 41.8 cm³/mol. The highest BCUT2D eigenvalue weighted by molar-refractivity contribution is 9.27. The Morgan fingerprint density at radius 1 is 1.00 bits per heavy atom. The van der Waals surface area contributed by atoms with Crippen LogP contribution in [-0.4, -0.2) is 14.8 Å². The molecule has 36 valence electrons. The van der Waals surface area contributed by atoms with Crippen LogP contribution >= 0.6 is 30.6 Å². The van der Waals surface area contributed by atoms with Crippen LogP contribution in [0.2, 0.25) is 11.3 Å². The summed E-state index contributed by atoms with van der Waals surface area (Å²) in [5, 5.41) is 0. The molecule has 0 N–H and O–H groups in total. The van der Waals surface area contributed by atoms with Gasteiger partial charge >= 0.3 is 0 Å². The lowest BCUT2D eigenvalue weighted by molar-refractivity contribution is 1.68. The molecule has 0 bridgehead atoms. The van der Waals surface area contributed by atoms with Crippen LogP contribution in [-0.2, 0) is 0 Å². The second kappa shape index (κ2) is 2.11. The summed E-state index contributed by atoms with van der Waals surface area (Å²) in [6.07, 6.45) is 0. The van der Waals surface area contributed by atoms with Crippen molar-refractivity contribution in [3.8, 4) is 0 Å². The van der Waals surface area contributed by atoms with E-state index in [4.69, 9.17) is 0 Å². The lowest BCUT2D eigenvalue weighted by atomic mass is 11.8. The normalized spacial score (nSPS) is 45.0. The minimum Gasteiger partial charge on any atom is -0.131 e. The molecule has 0 amide bonds. The molecule has 1 aliphatic heterocycles. The third-order valence-electron chi connectivity index (χ3n) is 1.02. The van der Waals surface area contributed by atoms with Crippen molar-refractivity contribution in [2.24, 2.45) is 0 Å². The molecule has 0 unspecified atom stereocenters. The fourth-order valence-corrected chi connectivity index (χ4v) is 29.6. The standard InChI is InChI=1S/C2H6Br2Si2/c3-5-1-6(4)2-5/h5-6H,1-2H2. The third-order valence-corrected chi connectivity index (χ3v) is 22.7. The Morgan fingerprint density at radius 3 is 1.33 bits per heavy atom. The highest BCUT2D eigenvalue weighted by atomic mass is 79.9. The molecular formula is C2H6Br2Si2. The zero-order valence-corrected chi connectivity index (χ0v) is 8.81. The summed E-state index contributed by atoms with van der Waals surface area (Å²) in [7, 11) is -0.399. The van der Waals surface area contributed by atoms with Crippen LogP contribution in [0.3, 0.4) is 0 Å². The average Bonchev–Trinajstić information content (AvgIpc) is 1.33. The van der Waals surface area contributed by atoms with Crippen molar-refractivity contribution in [1.29, 1.82) is 0 Å². The zero-order chi connectivity index (χ0) is 4.57. The van der Waals surface area contributed by atoms with E-state index in [-0.39, 0.29) is 14.8 Å². The Bertz CT molecular complexity index is 45.5. The van der Waals surface area contributed by atoms with E-state index in [1.807, 2.05) is 0 Å². The molecule has 1 fully saturated rings. The topological polar surface area (TPSA) is 0 Å². The average molecular weight is 246 g/mol. The molecule has 0 aromatic carbocycles. The second-order valence-electron chi connectivity index (χ2n) is 1.67. The second-order valence-corrected chi connectivity index (χ2v) is 15.6. The summed E-state index contributed by atoms with van der Waals surface area (Å²) >= 11 is 7.29. The van der Waals surface area contributed by atoms with E-state index in [0.717, 1.165) is 0 Å². The maximum Gasteiger partial charge on any atom is 0.110 e. The molecule has 1 aliphatic rings. The number of hydrogen-bond acceptors (Lipinski definition) is 0. The van der Waals surface area contributed by atoms with Gasteiger partial charge in [0.15, 0.2) is 0 Å². The minimum absolute atomic E-state index is 0.200. The molecule has 0 saturated carbocycles. The van der Waals surface area contributed by atoms with E-state index < -0.39 is 0 Å².